The van der Waals surface area contributed by atoms with Gasteiger partial charge >= 0.3 is 29.0 Å². The van der Waals surface area contributed by atoms with Gasteiger partial charge in [-0.25, -0.2) is 4.79 Å². The van der Waals surface area contributed by atoms with Gasteiger partial charge in [0.1, 0.15) is 0 Å². The molecular formula is C7H10MgO6. The molecule has 0 saturated heterocycles. The first-order chi connectivity index (χ1) is 5.52. The van der Waals surface area contributed by atoms with Crippen molar-refractivity contribution in [3.8, 4) is 17.2 Å². The van der Waals surface area contributed by atoms with Crippen LogP contribution in [0.3, 0.4) is 0 Å². The molecule has 0 aliphatic rings. The zero-order valence-electron chi connectivity index (χ0n) is 6.35. The molecule has 0 bridgehead atoms. The summed E-state index contributed by atoms with van der Waals surface area (Å²) in [5, 5.41) is 35.0. The fraction of sp³-hybridized carbons (Fsp3) is 0. The third-order valence-corrected chi connectivity index (χ3v) is 1.32. The first-order valence-electron chi connectivity index (χ1n) is 3.00. The molecule has 0 aliphatic heterocycles. The van der Waals surface area contributed by atoms with Crippen molar-refractivity contribution < 1.29 is 30.7 Å². The van der Waals surface area contributed by atoms with Crippen molar-refractivity contribution in [3.05, 3.63) is 17.7 Å². The number of benzene rings is 1. The molecular weight excluding hydrogens is 204 g/mol. The highest BCUT2D eigenvalue weighted by Gasteiger charge is 2.11. The molecule has 6 nitrogen and oxygen atoms in total. The second kappa shape index (κ2) is 5.53. The highest BCUT2D eigenvalue weighted by Crippen LogP contribution is 2.35. The SMILES string of the molecule is O.O=C(O)c1cc(O)c(O)c(O)c1.[MgH2]. The number of phenols is 3. The minimum Gasteiger partial charge on any atom is -0.504 e. The lowest BCUT2D eigenvalue weighted by atomic mass is 10.2. The quantitative estimate of drug-likeness (QED) is 0.343. The maximum Gasteiger partial charge on any atom is 0.335 e. The number of carbonyl (C=O) groups is 1. The van der Waals surface area contributed by atoms with Gasteiger partial charge in [-0.2, -0.15) is 0 Å². The summed E-state index contributed by atoms with van der Waals surface area (Å²) in [5.74, 6) is -3.33. The van der Waals surface area contributed by atoms with E-state index in [1.165, 1.54) is 0 Å². The largest absolute Gasteiger partial charge is 0.504 e. The molecule has 0 aromatic heterocycles. The van der Waals surface area contributed by atoms with Crippen LogP contribution in [0.25, 0.3) is 0 Å². The second-order valence-corrected chi connectivity index (χ2v) is 2.17. The van der Waals surface area contributed by atoms with E-state index in [9.17, 15) is 4.79 Å². The van der Waals surface area contributed by atoms with Gasteiger partial charge < -0.3 is 25.9 Å². The van der Waals surface area contributed by atoms with Crippen LogP contribution >= 0.6 is 0 Å². The molecule has 76 valence electrons. The lowest BCUT2D eigenvalue weighted by Gasteiger charge is -2.01. The molecule has 0 heterocycles. The molecule has 0 spiro atoms. The third-order valence-electron chi connectivity index (χ3n) is 1.32. The number of hydrogen-bond acceptors (Lipinski definition) is 4. The van der Waals surface area contributed by atoms with Crippen LogP contribution in [0.5, 0.6) is 17.2 Å². The van der Waals surface area contributed by atoms with Crippen molar-refractivity contribution in [2.45, 2.75) is 0 Å². The van der Waals surface area contributed by atoms with Gasteiger partial charge in [0.25, 0.3) is 0 Å². The molecule has 6 N–H and O–H groups in total. The van der Waals surface area contributed by atoms with E-state index in [-0.39, 0.29) is 34.1 Å². The minimum atomic E-state index is -1.29. The molecule has 1 rings (SSSR count). The van der Waals surface area contributed by atoms with Crippen molar-refractivity contribution in [1.29, 1.82) is 0 Å². The van der Waals surface area contributed by atoms with E-state index in [0.29, 0.717) is 0 Å². The topological polar surface area (TPSA) is 129 Å². The molecule has 0 aliphatic carbocycles. The normalized spacial score (nSPS) is 8.29. The number of phenolic OH excluding ortho intramolecular Hbond substituents is 3. The predicted molar refractivity (Wildman–Crippen MR) is 50.6 cm³/mol. The van der Waals surface area contributed by atoms with E-state index in [2.05, 4.69) is 0 Å². The van der Waals surface area contributed by atoms with Crippen LogP contribution in [0.4, 0.5) is 0 Å². The molecule has 0 amide bonds. The Morgan fingerprint density at radius 3 is 1.71 bits per heavy atom. The standard InChI is InChI=1S/C7H6O5.Mg.H2O.2H/c8-4-1-3(7(11)12)2-5(9)6(4)10;;;;/h1-2,8-10H,(H,11,12);;1H2;;. The van der Waals surface area contributed by atoms with Gasteiger partial charge in [-0.15, -0.1) is 0 Å². The fourth-order valence-corrected chi connectivity index (χ4v) is 0.728. The number of carboxylic acids is 1. The molecule has 0 radical (unpaired) electrons. The molecule has 1 aromatic carbocycles. The van der Waals surface area contributed by atoms with Gasteiger partial charge in [-0.05, 0) is 12.1 Å². The number of rotatable bonds is 1. The number of hydrogen-bond donors (Lipinski definition) is 4. The maximum absolute atomic E-state index is 10.3. The Balaban J connectivity index is 0. The van der Waals surface area contributed by atoms with E-state index in [0.717, 1.165) is 12.1 Å². The number of carboxylic acid groups (broad SMARTS) is 1. The van der Waals surface area contributed by atoms with Crippen molar-refractivity contribution in [2.24, 2.45) is 0 Å². The Hall–Kier alpha value is -1.18. The average molecular weight is 214 g/mol. The first kappa shape index (κ1) is 15.3. The molecule has 7 heteroatoms. The van der Waals surface area contributed by atoms with E-state index in [1.54, 1.807) is 0 Å². The summed E-state index contributed by atoms with van der Waals surface area (Å²) in [6.45, 7) is 0. The summed E-state index contributed by atoms with van der Waals surface area (Å²) < 4.78 is 0. The summed E-state index contributed by atoms with van der Waals surface area (Å²) in [5.41, 5.74) is -0.289. The van der Waals surface area contributed by atoms with Crippen molar-refractivity contribution >= 4 is 29.0 Å². The zero-order chi connectivity index (χ0) is 9.30. The van der Waals surface area contributed by atoms with Gasteiger partial charge in [-0.1, -0.05) is 0 Å². The van der Waals surface area contributed by atoms with Gasteiger partial charge in [0.15, 0.2) is 17.2 Å². The molecule has 0 fully saturated rings. The van der Waals surface area contributed by atoms with E-state index < -0.39 is 23.2 Å². The molecule has 0 saturated carbocycles. The van der Waals surface area contributed by atoms with E-state index in [1.807, 2.05) is 0 Å². The highest BCUT2D eigenvalue weighted by atomic mass is 24.3. The fourth-order valence-electron chi connectivity index (χ4n) is 0.728. The zero-order valence-corrected chi connectivity index (χ0v) is 6.35. The van der Waals surface area contributed by atoms with E-state index >= 15 is 0 Å². The van der Waals surface area contributed by atoms with Gasteiger partial charge in [0.05, 0.1) is 5.56 Å². The Kier molecular flexibility index (Phi) is 6.04. The van der Waals surface area contributed by atoms with Gasteiger partial charge in [0.2, 0.25) is 0 Å². The Morgan fingerprint density at radius 2 is 1.43 bits per heavy atom. The number of aromatic carboxylic acids is 1. The van der Waals surface area contributed by atoms with Crippen LogP contribution in [0.2, 0.25) is 0 Å². The van der Waals surface area contributed by atoms with Crippen LogP contribution in [-0.4, -0.2) is 54.9 Å². The average Bonchev–Trinajstić information content (AvgIpc) is 1.99. The van der Waals surface area contributed by atoms with Crippen molar-refractivity contribution in [2.75, 3.05) is 0 Å². The third kappa shape index (κ3) is 2.94. The molecule has 1 aromatic rings. The summed E-state index contributed by atoms with van der Waals surface area (Å²) in [7, 11) is 0. The first-order valence-corrected chi connectivity index (χ1v) is 3.00. The minimum absolute atomic E-state index is 0. The Labute approximate surface area is 94.9 Å². The summed E-state index contributed by atoms with van der Waals surface area (Å²) >= 11 is 0. The second-order valence-electron chi connectivity index (χ2n) is 2.17. The van der Waals surface area contributed by atoms with Crippen LogP contribution in [0.1, 0.15) is 10.4 Å². The van der Waals surface area contributed by atoms with Gasteiger partial charge in [-0.3, -0.25) is 0 Å². The van der Waals surface area contributed by atoms with Crippen molar-refractivity contribution in [1.82, 2.24) is 0 Å². The van der Waals surface area contributed by atoms with Crippen LogP contribution in [0.15, 0.2) is 12.1 Å². The molecule has 0 atom stereocenters. The highest BCUT2D eigenvalue weighted by molar-refractivity contribution is 5.89. The van der Waals surface area contributed by atoms with Crippen LogP contribution in [-0.2, 0) is 0 Å². The molecule has 0 unspecified atom stereocenters. The van der Waals surface area contributed by atoms with Crippen LogP contribution in [0, 0.1) is 0 Å². The Morgan fingerprint density at radius 1 is 1.07 bits per heavy atom. The van der Waals surface area contributed by atoms with E-state index in [4.69, 9.17) is 20.4 Å². The summed E-state index contributed by atoms with van der Waals surface area (Å²) in [6, 6.07) is 1.69. The smallest absolute Gasteiger partial charge is 0.335 e. The van der Waals surface area contributed by atoms with Gasteiger partial charge in [0, 0.05) is 0 Å². The number of aromatic hydroxyl groups is 3. The predicted octanol–water partition coefficient (Wildman–Crippen LogP) is -1.24. The Bertz CT molecular complexity index is 314. The lowest BCUT2D eigenvalue weighted by Crippen LogP contribution is -1.95. The monoisotopic (exact) mass is 214 g/mol. The summed E-state index contributed by atoms with van der Waals surface area (Å²) in [6.07, 6.45) is 0. The molecule has 14 heavy (non-hydrogen) atoms. The van der Waals surface area contributed by atoms with Crippen LogP contribution < -0.4 is 0 Å². The van der Waals surface area contributed by atoms with Crippen molar-refractivity contribution in [3.63, 3.8) is 0 Å². The summed E-state index contributed by atoms with van der Waals surface area (Å²) in [4.78, 5) is 10.3. The lowest BCUT2D eigenvalue weighted by molar-refractivity contribution is 0.0696. The maximum atomic E-state index is 10.3.